The smallest absolute Gasteiger partial charge is 0.255 e. The lowest BCUT2D eigenvalue weighted by Gasteiger charge is -2.25. The number of hydrogen-bond donors (Lipinski definition) is 2. The number of likely N-dealkylation sites (tertiary alicyclic amines) is 1. The molecule has 0 aromatic carbocycles. The Bertz CT molecular complexity index is 660. The number of aryl methyl sites for hydroxylation is 2. The van der Waals surface area contributed by atoms with Gasteiger partial charge >= 0.3 is 0 Å². The van der Waals surface area contributed by atoms with Crippen LogP contribution in [0, 0.1) is 25.7 Å². The third kappa shape index (κ3) is 4.93. The average Bonchev–Trinajstić information content (AvgIpc) is 2.94. The van der Waals surface area contributed by atoms with E-state index in [4.69, 9.17) is 0 Å². The van der Waals surface area contributed by atoms with Crippen molar-refractivity contribution in [2.24, 2.45) is 11.8 Å². The van der Waals surface area contributed by atoms with Crippen molar-refractivity contribution < 1.29 is 9.90 Å². The van der Waals surface area contributed by atoms with Crippen LogP contribution < -0.4 is 5.56 Å². The maximum atomic E-state index is 13.0. The van der Waals surface area contributed by atoms with Crippen molar-refractivity contribution >= 4 is 5.91 Å². The number of H-pyrrole nitrogens is 1. The van der Waals surface area contributed by atoms with Gasteiger partial charge in [-0.2, -0.15) is 0 Å². The van der Waals surface area contributed by atoms with Crippen LogP contribution >= 0.6 is 0 Å². The highest BCUT2D eigenvalue weighted by Gasteiger charge is 2.36. The van der Waals surface area contributed by atoms with Gasteiger partial charge in [0.1, 0.15) is 0 Å². The summed E-state index contributed by atoms with van der Waals surface area (Å²) in [6, 6.07) is 1.46. The van der Waals surface area contributed by atoms with Crippen LogP contribution in [0.5, 0.6) is 0 Å². The van der Waals surface area contributed by atoms with Gasteiger partial charge in [0.05, 0.1) is 5.56 Å². The maximum absolute atomic E-state index is 13.0. The Kier molecular flexibility index (Phi) is 6.97. The molecule has 146 valence electrons. The van der Waals surface area contributed by atoms with Gasteiger partial charge in [0.15, 0.2) is 0 Å². The molecular formula is C19H32N4O3. The molecule has 1 amide bonds. The van der Waals surface area contributed by atoms with Gasteiger partial charge in [-0.1, -0.05) is 0 Å². The van der Waals surface area contributed by atoms with Crippen molar-refractivity contribution in [3.05, 3.63) is 33.2 Å². The highest BCUT2D eigenvalue weighted by atomic mass is 16.3. The summed E-state index contributed by atoms with van der Waals surface area (Å²) in [5.41, 5.74) is 1.69. The molecule has 7 heteroatoms. The van der Waals surface area contributed by atoms with E-state index in [0.29, 0.717) is 29.9 Å². The first-order chi connectivity index (χ1) is 12.2. The van der Waals surface area contributed by atoms with Crippen LogP contribution in [-0.4, -0.2) is 91.2 Å². The van der Waals surface area contributed by atoms with E-state index in [1.807, 2.05) is 4.90 Å². The summed E-state index contributed by atoms with van der Waals surface area (Å²) in [5.74, 6) is 0.275. The number of carbonyl (C=O) groups excluding carboxylic acids is 1. The largest absolute Gasteiger partial charge is 0.396 e. The number of rotatable bonds is 7. The van der Waals surface area contributed by atoms with E-state index >= 15 is 0 Å². The molecule has 1 aromatic rings. The minimum Gasteiger partial charge on any atom is -0.396 e. The second-order valence-corrected chi connectivity index (χ2v) is 7.79. The molecular weight excluding hydrogens is 332 g/mol. The summed E-state index contributed by atoms with van der Waals surface area (Å²) in [5, 5.41) is 9.77. The molecule has 1 aliphatic heterocycles. The molecule has 7 nitrogen and oxygen atoms in total. The number of aliphatic hydroxyl groups is 1. The first kappa shape index (κ1) is 20.6. The number of hydrogen-bond acceptors (Lipinski definition) is 5. The lowest BCUT2D eigenvalue weighted by atomic mass is 9.96. The first-order valence-electron chi connectivity index (χ1n) is 9.16. The standard InChI is InChI=1S/C19H32N4O3/c1-13-8-17(25)20-14(2)18(13)19(26)23-10-15(16(11-23)12-24)9-22(5)7-6-21(3)4/h8,15-16,24H,6-7,9-12H2,1-5H3,(H,20,25)/t15-,16-/m1/s1. The highest BCUT2D eigenvalue weighted by molar-refractivity contribution is 5.96. The molecule has 2 rings (SSSR count). The Morgan fingerprint density at radius 2 is 1.88 bits per heavy atom. The van der Waals surface area contributed by atoms with E-state index in [2.05, 4.69) is 35.9 Å². The van der Waals surface area contributed by atoms with Crippen molar-refractivity contribution in [1.29, 1.82) is 0 Å². The summed E-state index contributed by atoms with van der Waals surface area (Å²) in [6.07, 6.45) is 0. The molecule has 0 saturated carbocycles. The summed E-state index contributed by atoms with van der Waals surface area (Å²) < 4.78 is 0. The number of amides is 1. The molecule has 2 atom stereocenters. The van der Waals surface area contributed by atoms with E-state index in [1.165, 1.54) is 6.07 Å². The highest BCUT2D eigenvalue weighted by Crippen LogP contribution is 2.26. The SMILES string of the molecule is Cc1cc(=O)[nH]c(C)c1C(=O)N1C[C@@H](CN(C)CCN(C)C)[C@@H](CO)C1. The van der Waals surface area contributed by atoms with Gasteiger partial charge in [-0.05, 0) is 46.5 Å². The molecule has 1 fully saturated rings. The van der Waals surface area contributed by atoms with Crippen LogP contribution in [0.1, 0.15) is 21.6 Å². The summed E-state index contributed by atoms with van der Waals surface area (Å²) >= 11 is 0. The van der Waals surface area contributed by atoms with Crippen LogP contribution in [0.25, 0.3) is 0 Å². The summed E-state index contributed by atoms with van der Waals surface area (Å²) in [7, 11) is 6.18. The Morgan fingerprint density at radius 3 is 2.46 bits per heavy atom. The summed E-state index contributed by atoms with van der Waals surface area (Å²) in [4.78, 5) is 33.5. The van der Waals surface area contributed by atoms with Gasteiger partial charge in [-0.25, -0.2) is 0 Å². The molecule has 1 saturated heterocycles. The van der Waals surface area contributed by atoms with E-state index in [0.717, 1.165) is 19.6 Å². The predicted octanol–water partition coefficient (Wildman–Crippen LogP) is 0.166. The lowest BCUT2D eigenvalue weighted by molar-refractivity contribution is 0.0777. The molecule has 0 unspecified atom stereocenters. The quantitative estimate of drug-likeness (QED) is 0.721. The van der Waals surface area contributed by atoms with E-state index in [1.54, 1.807) is 13.8 Å². The fourth-order valence-corrected chi connectivity index (χ4v) is 3.72. The second kappa shape index (κ2) is 8.79. The van der Waals surface area contributed by atoms with Crippen molar-refractivity contribution in [1.82, 2.24) is 19.7 Å². The van der Waals surface area contributed by atoms with Crippen molar-refractivity contribution in [3.63, 3.8) is 0 Å². The van der Waals surface area contributed by atoms with Gasteiger partial charge < -0.3 is 24.8 Å². The fraction of sp³-hybridized carbons (Fsp3) is 0.684. The van der Waals surface area contributed by atoms with Crippen LogP contribution in [0.3, 0.4) is 0 Å². The molecule has 2 heterocycles. The molecule has 1 aromatic heterocycles. The molecule has 26 heavy (non-hydrogen) atoms. The van der Waals surface area contributed by atoms with E-state index in [-0.39, 0.29) is 29.9 Å². The van der Waals surface area contributed by atoms with Crippen molar-refractivity contribution in [2.75, 3.05) is 60.5 Å². The Morgan fingerprint density at radius 1 is 1.23 bits per heavy atom. The van der Waals surface area contributed by atoms with Gasteiger partial charge in [0.2, 0.25) is 5.56 Å². The minimum absolute atomic E-state index is 0.0619. The van der Waals surface area contributed by atoms with Gasteiger partial charge in [-0.3, -0.25) is 9.59 Å². The monoisotopic (exact) mass is 364 g/mol. The van der Waals surface area contributed by atoms with Crippen LogP contribution in [0.2, 0.25) is 0 Å². The topological polar surface area (TPSA) is 79.9 Å². The summed E-state index contributed by atoms with van der Waals surface area (Å²) in [6.45, 7) is 7.61. The third-order valence-electron chi connectivity index (χ3n) is 5.21. The predicted molar refractivity (Wildman–Crippen MR) is 103 cm³/mol. The van der Waals surface area contributed by atoms with Crippen molar-refractivity contribution in [2.45, 2.75) is 13.8 Å². The van der Waals surface area contributed by atoms with E-state index < -0.39 is 0 Å². The normalized spacial score (nSPS) is 20.4. The molecule has 0 radical (unpaired) electrons. The number of aliphatic hydroxyl groups excluding tert-OH is 1. The Balaban J connectivity index is 2.08. The van der Waals surface area contributed by atoms with Crippen LogP contribution in [-0.2, 0) is 0 Å². The molecule has 2 N–H and O–H groups in total. The van der Waals surface area contributed by atoms with Gasteiger partial charge in [0.25, 0.3) is 5.91 Å². The maximum Gasteiger partial charge on any atom is 0.255 e. The molecule has 0 spiro atoms. The van der Waals surface area contributed by atoms with Gasteiger partial charge in [0, 0.05) is 57.0 Å². The zero-order chi connectivity index (χ0) is 19.4. The second-order valence-electron chi connectivity index (χ2n) is 7.79. The number of carbonyl (C=O) groups is 1. The number of nitrogens with one attached hydrogen (secondary N) is 1. The number of likely N-dealkylation sites (N-methyl/N-ethyl adjacent to an activating group) is 2. The third-order valence-corrected chi connectivity index (χ3v) is 5.21. The number of pyridine rings is 1. The van der Waals surface area contributed by atoms with Crippen molar-refractivity contribution in [3.8, 4) is 0 Å². The van der Waals surface area contributed by atoms with Gasteiger partial charge in [-0.15, -0.1) is 0 Å². The molecule has 0 aliphatic carbocycles. The Hall–Kier alpha value is -1.70. The average molecular weight is 364 g/mol. The number of nitrogens with zero attached hydrogens (tertiary/aromatic N) is 3. The zero-order valence-corrected chi connectivity index (χ0v) is 16.6. The van der Waals surface area contributed by atoms with Crippen LogP contribution in [0.15, 0.2) is 10.9 Å². The molecule has 0 bridgehead atoms. The number of aromatic nitrogens is 1. The Labute approximate surface area is 155 Å². The minimum atomic E-state index is -0.188. The molecule has 1 aliphatic rings. The lowest BCUT2D eigenvalue weighted by Crippen LogP contribution is -2.36. The number of aromatic amines is 1. The first-order valence-corrected chi connectivity index (χ1v) is 9.16. The van der Waals surface area contributed by atoms with E-state index in [9.17, 15) is 14.7 Å². The van der Waals surface area contributed by atoms with Crippen LogP contribution in [0.4, 0.5) is 0 Å². The fourth-order valence-electron chi connectivity index (χ4n) is 3.72. The zero-order valence-electron chi connectivity index (χ0n) is 16.6.